The fraction of sp³-hybridized carbons (Fsp3) is 0.500. The molecule has 96 valence electrons. The van der Waals surface area contributed by atoms with Gasteiger partial charge >= 0.3 is 5.97 Å². The Morgan fingerprint density at radius 3 is 2.50 bits per heavy atom. The Morgan fingerprint density at radius 1 is 1.44 bits per heavy atom. The zero-order chi connectivity index (χ0) is 12.9. The lowest BCUT2D eigenvalue weighted by molar-refractivity contribution is -0.145. The first-order chi connectivity index (χ1) is 8.49. The number of fused-ring (bicyclic) bond motifs is 1. The maximum absolute atomic E-state index is 12.9. The van der Waals surface area contributed by atoms with Crippen molar-refractivity contribution in [1.29, 1.82) is 0 Å². The number of halogens is 1. The molecular weight excluding hydrogens is 233 g/mol. The summed E-state index contributed by atoms with van der Waals surface area (Å²) in [5.41, 5.74) is 0.680. The molecule has 3 fully saturated rings. The van der Waals surface area contributed by atoms with Crippen LogP contribution in [0.15, 0.2) is 24.3 Å². The SMILES string of the molecule is CC12CC(CN1[C@@H](C(=O)O)c1ccc(F)cc1)C2. The molecule has 1 atom stereocenters. The molecule has 0 spiro atoms. The van der Waals surface area contributed by atoms with Crippen molar-refractivity contribution in [3.63, 3.8) is 0 Å². The zero-order valence-corrected chi connectivity index (χ0v) is 10.3. The number of nitrogens with zero attached hydrogens (tertiary/aromatic N) is 1. The fourth-order valence-electron chi connectivity index (χ4n) is 3.56. The number of benzene rings is 1. The second-order valence-electron chi connectivity index (χ2n) is 5.72. The lowest BCUT2D eigenvalue weighted by Gasteiger charge is -2.41. The van der Waals surface area contributed by atoms with Crippen molar-refractivity contribution in [3.8, 4) is 0 Å². The highest BCUT2D eigenvalue weighted by molar-refractivity contribution is 5.76. The molecule has 2 heterocycles. The summed E-state index contributed by atoms with van der Waals surface area (Å²) in [6.45, 7) is 2.96. The molecule has 18 heavy (non-hydrogen) atoms. The van der Waals surface area contributed by atoms with E-state index < -0.39 is 12.0 Å². The van der Waals surface area contributed by atoms with Gasteiger partial charge in [0.05, 0.1) is 0 Å². The number of hydrogen-bond donors (Lipinski definition) is 1. The first-order valence-electron chi connectivity index (χ1n) is 6.25. The Balaban J connectivity index is 1.94. The number of hydrogen-bond acceptors (Lipinski definition) is 2. The number of carbonyl (C=O) groups is 1. The minimum absolute atomic E-state index is 0.0160. The highest BCUT2D eigenvalue weighted by atomic mass is 19.1. The average molecular weight is 249 g/mol. The second kappa shape index (κ2) is 3.79. The minimum atomic E-state index is -0.851. The Hall–Kier alpha value is -1.42. The van der Waals surface area contributed by atoms with Gasteiger partial charge in [-0.2, -0.15) is 0 Å². The average Bonchev–Trinajstić information content (AvgIpc) is 2.74. The van der Waals surface area contributed by atoms with E-state index in [4.69, 9.17) is 0 Å². The Morgan fingerprint density at radius 2 is 2.06 bits per heavy atom. The standard InChI is InChI=1S/C14H16FNO2/c1-14-6-9(7-14)8-16(14)12(13(17)18)10-2-4-11(15)5-3-10/h2-5,9,12H,6-8H2,1H3,(H,17,18)/t9?,12-,14?/m1/s1. The highest BCUT2D eigenvalue weighted by Crippen LogP contribution is 2.53. The van der Waals surface area contributed by atoms with Crippen molar-refractivity contribution in [1.82, 2.24) is 4.90 Å². The van der Waals surface area contributed by atoms with Crippen LogP contribution in [0, 0.1) is 11.7 Å². The summed E-state index contributed by atoms with van der Waals surface area (Å²) < 4.78 is 12.9. The van der Waals surface area contributed by atoms with Gasteiger partial charge < -0.3 is 5.11 Å². The van der Waals surface area contributed by atoms with Gasteiger partial charge in [-0.05, 0) is 43.4 Å². The molecule has 1 N–H and O–H groups in total. The van der Waals surface area contributed by atoms with Gasteiger partial charge in [0.25, 0.3) is 0 Å². The van der Waals surface area contributed by atoms with Crippen LogP contribution in [0.4, 0.5) is 4.39 Å². The van der Waals surface area contributed by atoms with Gasteiger partial charge in [0.2, 0.25) is 0 Å². The third-order valence-corrected chi connectivity index (χ3v) is 4.34. The summed E-state index contributed by atoms with van der Waals surface area (Å²) in [5, 5.41) is 9.47. The molecule has 0 aromatic heterocycles. The van der Waals surface area contributed by atoms with Gasteiger partial charge in [-0.1, -0.05) is 12.1 Å². The monoisotopic (exact) mass is 249 g/mol. The molecule has 0 amide bonds. The van der Waals surface area contributed by atoms with Gasteiger partial charge in [-0.3, -0.25) is 9.69 Å². The van der Waals surface area contributed by atoms with Gasteiger partial charge in [0.1, 0.15) is 11.9 Å². The summed E-state index contributed by atoms with van der Waals surface area (Å²) in [4.78, 5) is 13.6. The topological polar surface area (TPSA) is 40.5 Å². The smallest absolute Gasteiger partial charge is 0.325 e. The molecule has 0 unspecified atom stereocenters. The maximum atomic E-state index is 12.9. The van der Waals surface area contributed by atoms with E-state index in [9.17, 15) is 14.3 Å². The third kappa shape index (κ3) is 1.63. The summed E-state index contributed by atoms with van der Waals surface area (Å²) in [7, 11) is 0. The van der Waals surface area contributed by atoms with Crippen LogP contribution in [0.25, 0.3) is 0 Å². The van der Waals surface area contributed by atoms with Gasteiger partial charge in [-0.25, -0.2) is 4.39 Å². The van der Waals surface area contributed by atoms with Crippen molar-refractivity contribution < 1.29 is 14.3 Å². The van der Waals surface area contributed by atoms with Crippen molar-refractivity contribution >= 4 is 5.97 Å². The van der Waals surface area contributed by atoms with Crippen LogP contribution in [0.1, 0.15) is 31.4 Å². The van der Waals surface area contributed by atoms with Crippen LogP contribution < -0.4 is 0 Å². The number of aliphatic carboxylic acids is 1. The molecule has 4 rings (SSSR count). The lowest BCUT2D eigenvalue weighted by Crippen LogP contribution is -2.46. The molecule has 0 radical (unpaired) electrons. The van der Waals surface area contributed by atoms with Crippen LogP contribution in [-0.2, 0) is 4.79 Å². The van der Waals surface area contributed by atoms with Gasteiger partial charge in [0.15, 0.2) is 0 Å². The van der Waals surface area contributed by atoms with E-state index in [0.717, 1.165) is 19.4 Å². The van der Waals surface area contributed by atoms with Crippen LogP contribution in [0.2, 0.25) is 0 Å². The van der Waals surface area contributed by atoms with E-state index in [2.05, 4.69) is 11.8 Å². The zero-order valence-electron chi connectivity index (χ0n) is 10.3. The molecule has 2 aliphatic heterocycles. The van der Waals surface area contributed by atoms with E-state index in [1.807, 2.05) is 0 Å². The quantitative estimate of drug-likeness (QED) is 0.894. The molecular formula is C14H16FNO2. The number of carboxylic acid groups (broad SMARTS) is 1. The highest BCUT2D eigenvalue weighted by Gasteiger charge is 2.56. The molecule has 3 aliphatic rings. The van der Waals surface area contributed by atoms with Crippen LogP contribution >= 0.6 is 0 Å². The molecule has 1 aromatic carbocycles. The van der Waals surface area contributed by atoms with E-state index in [0.29, 0.717) is 11.5 Å². The molecule has 1 aromatic rings. The Bertz CT molecular complexity index is 479. The normalized spacial score (nSPS) is 32.0. The van der Waals surface area contributed by atoms with Crippen molar-refractivity contribution in [3.05, 3.63) is 35.6 Å². The van der Waals surface area contributed by atoms with Crippen LogP contribution in [0.3, 0.4) is 0 Å². The first kappa shape index (κ1) is 11.7. The second-order valence-corrected chi connectivity index (χ2v) is 5.72. The van der Waals surface area contributed by atoms with E-state index in [1.165, 1.54) is 12.1 Å². The molecule has 1 aliphatic carbocycles. The molecule has 1 saturated carbocycles. The fourth-order valence-corrected chi connectivity index (χ4v) is 3.56. The Kier molecular flexibility index (Phi) is 2.45. The first-order valence-corrected chi connectivity index (χ1v) is 6.25. The van der Waals surface area contributed by atoms with Crippen LogP contribution in [-0.4, -0.2) is 28.1 Å². The van der Waals surface area contributed by atoms with E-state index in [-0.39, 0.29) is 11.4 Å². The molecule has 2 bridgehead atoms. The third-order valence-electron chi connectivity index (χ3n) is 4.34. The molecule has 2 saturated heterocycles. The summed E-state index contributed by atoms with van der Waals surface area (Å²) in [5.74, 6) is -0.549. The van der Waals surface area contributed by atoms with Crippen molar-refractivity contribution in [2.75, 3.05) is 6.54 Å². The van der Waals surface area contributed by atoms with E-state index in [1.54, 1.807) is 12.1 Å². The predicted molar refractivity (Wildman–Crippen MR) is 64.6 cm³/mol. The van der Waals surface area contributed by atoms with Gasteiger partial charge in [0, 0.05) is 12.1 Å². The molecule has 4 heteroatoms. The lowest BCUT2D eigenvalue weighted by atomic mass is 9.74. The maximum Gasteiger partial charge on any atom is 0.325 e. The predicted octanol–water partition coefficient (Wildman–Crippen LogP) is 2.44. The number of rotatable bonds is 3. The van der Waals surface area contributed by atoms with Gasteiger partial charge in [-0.15, -0.1) is 0 Å². The minimum Gasteiger partial charge on any atom is -0.480 e. The van der Waals surface area contributed by atoms with Crippen LogP contribution in [0.5, 0.6) is 0 Å². The van der Waals surface area contributed by atoms with Crippen molar-refractivity contribution in [2.45, 2.75) is 31.3 Å². The largest absolute Gasteiger partial charge is 0.480 e. The summed E-state index contributed by atoms with van der Waals surface area (Å²) in [6, 6.07) is 5.16. The summed E-state index contributed by atoms with van der Waals surface area (Å²) >= 11 is 0. The van der Waals surface area contributed by atoms with Crippen molar-refractivity contribution in [2.24, 2.45) is 5.92 Å². The summed E-state index contributed by atoms with van der Waals surface area (Å²) in [6.07, 6.45) is 2.16. The molecule has 3 nitrogen and oxygen atoms in total. The number of carboxylic acids is 1. The Labute approximate surface area is 105 Å². The van der Waals surface area contributed by atoms with E-state index >= 15 is 0 Å².